The lowest BCUT2D eigenvalue weighted by atomic mass is 10.0. The number of β-amino-alcohol motifs (C(OH)–C–C–N with tert-alkyl or cyclic N) is 1. The van der Waals surface area contributed by atoms with Gasteiger partial charge in [-0.1, -0.05) is 13.8 Å². The maximum Gasteiger partial charge on any atom is 0.226 e. The van der Waals surface area contributed by atoms with Gasteiger partial charge in [0.25, 0.3) is 0 Å². The smallest absolute Gasteiger partial charge is 0.226 e. The van der Waals surface area contributed by atoms with Gasteiger partial charge in [0.05, 0.1) is 6.10 Å². The molecule has 1 saturated heterocycles. The van der Waals surface area contributed by atoms with E-state index in [1.807, 2.05) is 19.0 Å². The molecule has 0 aromatic heterocycles. The lowest BCUT2D eigenvalue weighted by molar-refractivity contribution is -0.137. The number of rotatable bonds is 5. The van der Waals surface area contributed by atoms with E-state index in [9.17, 15) is 9.90 Å². The molecule has 4 nitrogen and oxygen atoms in total. The largest absolute Gasteiger partial charge is 0.391 e. The number of likely N-dealkylation sites (tertiary alicyclic amines) is 1. The molecule has 1 heterocycles. The van der Waals surface area contributed by atoms with Gasteiger partial charge in [-0.25, -0.2) is 0 Å². The topological polar surface area (TPSA) is 43.8 Å². The quantitative estimate of drug-likeness (QED) is 0.780. The van der Waals surface area contributed by atoms with E-state index in [0.717, 1.165) is 19.4 Å². The summed E-state index contributed by atoms with van der Waals surface area (Å²) in [5.74, 6) is 0.336. The summed E-state index contributed by atoms with van der Waals surface area (Å²) < 4.78 is 0. The van der Waals surface area contributed by atoms with Crippen molar-refractivity contribution in [2.45, 2.75) is 45.3 Å². The minimum atomic E-state index is -0.349. The maximum atomic E-state index is 12.3. The molecule has 0 aromatic carbocycles. The molecule has 1 aliphatic heterocycles. The predicted molar refractivity (Wildman–Crippen MR) is 68.8 cm³/mol. The number of nitrogens with zero attached hydrogens (tertiary/aromatic N) is 2. The molecular formula is C13H26N2O2. The Balaban J connectivity index is 2.69. The Morgan fingerprint density at radius 2 is 2.00 bits per heavy atom. The summed E-state index contributed by atoms with van der Waals surface area (Å²) in [4.78, 5) is 16.3. The van der Waals surface area contributed by atoms with Gasteiger partial charge in [0, 0.05) is 25.0 Å². The van der Waals surface area contributed by atoms with Gasteiger partial charge < -0.3 is 14.9 Å². The van der Waals surface area contributed by atoms with E-state index in [0.29, 0.717) is 13.0 Å². The van der Waals surface area contributed by atoms with Gasteiger partial charge >= 0.3 is 0 Å². The van der Waals surface area contributed by atoms with Gasteiger partial charge in [0.2, 0.25) is 5.91 Å². The lowest BCUT2D eigenvalue weighted by Gasteiger charge is -2.29. The van der Waals surface area contributed by atoms with Crippen LogP contribution in [0.5, 0.6) is 0 Å². The van der Waals surface area contributed by atoms with Gasteiger partial charge in [-0.05, 0) is 33.4 Å². The number of likely N-dealkylation sites (N-methyl/N-ethyl adjacent to an activating group) is 1. The molecular weight excluding hydrogens is 216 g/mol. The first-order valence-electron chi connectivity index (χ1n) is 6.62. The SMILES string of the molecule is CCC(CC)C(=O)N1CC(O)CC1CN(C)C. The second-order valence-electron chi connectivity index (χ2n) is 5.31. The summed E-state index contributed by atoms with van der Waals surface area (Å²) in [5.41, 5.74) is 0. The molecule has 0 saturated carbocycles. The molecule has 100 valence electrons. The van der Waals surface area contributed by atoms with Gasteiger partial charge in [-0.2, -0.15) is 0 Å². The fourth-order valence-electron chi connectivity index (χ4n) is 2.63. The summed E-state index contributed by atoms with van der Waals surface area (Å²) in [7, 11) is 4.01. The first kappa shape index (κ1) is 14.5. The second kappa shape index (κ2) is 6.36. The van der Waals surface area contributed by atoms with E-state index in [1.54, 1.807) is 0 Å². The highest BCUT2D eigenvalue weighted by Gasteiger charge is 2.36. The number of amides is 1. The van der Waals surface area contributed by atoms with Crippen molar-refractivity contribution in [3.05, 3.63) is 0 Å². The van der Waals surface area contributed by atoms with Gasteiger partial charge in [-0.3, -0.25) is 4.79 Å². The average molecular weight is 242 g/mol. The van der Waals surface area contributed by atoms with Crippen LogP contribution in [0.3, 0.4) is 0 Å². The van der Waals surface area contributed by atoms with Gasteiger partial charge in [0.1, 0.15) is 0 Å². The minimum absolute atomic E-state index is 0.116. The van der Waals surface area contributed by atoms with Crippen molar-refractivity contribution >= 4 is 5.91 Å². The van der Waals surface area contributed by atoms with Crippen molar-refractivity contribution in [1.82, 2.24) is 9.80 Å². The first-order valence-corrected chi connectivity index (χ1v) is 6.62. The summed E-state index contributed by atoms with van der Waals surface area (Å²) in [6.45, 7) is 5.45. The normalized spacial score (nSPS) is 25.0. The fourth-order valence-corrected chi connectivity index (χ4v) is 2.63. The van der Waals surface area contributed by atoms with Crippen LogP contribution in [0.2, 0.25) is 0 Å². The molecule has 1 amide bonds. The van der Waals surface area contributed by atoms with Crippen LogP contribution in [-0.2, 0) is 4.79 Å². The highest BCUT2D eigenvalue weighted by Crippen LogP contribution is 2.23. The third-order valence-corrected chi connectivity index (χ3v) is 3.59. The van der Waals surface area contributed by atoms with E-state index in [-0.39, 0.29) is 24.0 Å². The second-order valence-corrected chi connectivity index (χ2v) is 5.31. The Morgan fingerprint density at radius 1 is 1.41 bits per heavy atom. The summed E-state index contributed by atoms with van der Waals surface area (Å²) in [6.07, 6.45) is 2.13. The van der Waals surface area contributed by atoms with Crippen molar-refractivity contribution in [3.63, 3.8) is 0 Å². The Bertz CT molecular complexity index is 252. The Hall–Kier alpha value is -0.610. The third kappa shape index (κ3) is 3.68. The molecule has 1 fully saturated rings. The molecule has 0 aromatic rings. The van der Waals surface area contributed by atoms with E-state index in [2.05, 4.69) is 18.7 Å². The van der Waals surface area contributed by atoms with Crippen molar-refractivity contribution in [2.75, 3.05) is 27.2 Å². The number of carbonyl (C=O) groups excluding carboxylic acids is 1. The summed E-state index contributed by atoms with van der Waals surface area (Å²) in [6, 6.07) is 0.174. The minimum Gasteiger partial charge on any atom is -0.391 e. The van der Waals surface area contributed by atoms with Crippen LogP contribution in [-0.4, -0.2) is 60.1 Å². The first-order chi connectivity index (χ1) is 7.99. The van der Waals surface area contributed by atoms with Crippen molar-refractivity contribution in [2.24, 2.45) is 5.92 Å². The number of aliphatic hydroxyl groups excluding tert-OH is 1. The zero-order chi connectivity index (χ0) is 13.0. The average Bonchev–Trinajstić information content (AvgIpc) is 2.60. The Morgan fingerprint density at radius 3 is 2.47 bits per heavy atom. The molecule has 0 spiro atoms. The molecule has 0 aliphatic carbocycles. The summed E-state index contributed by atoms with van der Waals surface area (Å²) >= 11 is 0. The monoisotopic (exact) mass is 242 g/mol. The van der Waals surface area contributed by atoms with E-state index in [4.69, 9.17) is 0 Å². The molecule has 4 heteroatoms. The summed E-state index contributed by atoms with van der Waals surface area (Å²) in [5, 5.41) is 9.75. The number of aliphatic hydroxyl groups is 1. The van der Waals surface area contributed by atoms with Crippen molar-refractivity contribution < 1.29 is 9.90 Å². The molecule has 17 heavy (non-hydrogen) atoms. The van der Waals surface area contributed by atoms with Crippen molar-refractivity contribution in [3.8, 4) is 0 Å². The van der Waals surface area contributed by atoms with Crippen LogP contribution in [0.4, 0.5) is 0 Å². The number of hydrogen-bond acceptors (Lipinski definition) is 3. The van der Waals surface area contributed by atoms with Gasteiger partial charge in [-0.15, -0.1) is 0 Å². The van der Waals surface area contributed by atoms with Crippen LogP contribution < -0.4 is 0 Å². The van der Waals surface area contributed by atoms with Crippen LogP contribution in [0.1, 0.15) is 33.1 Å². The fraction of sp³-hybridized carbons (Fsp3) is 0.923. The Kier molecular flexibility index (Phi) is 5.40. The van der Waals surface area contributed by atoms with Crippen LogP contribution >= 0.6 is 0 Å². The van der Waals surface area contributed by atoms with E-state index in [1.165, 1.54) is 0 Å². The van der Waals surface area contributed by atoms with Crippen LogP contribution in [0.15, 0.2) is 0 Å². The molecule has 1 N–H and O–H groups in total. The number of carbonyl (C=O) groups is 1. The molecule has 1 aliphatic rings. The van der Waals surface area contributed by atoms with Gasteiger partial charge in [0.15, 0.2) is 0 Å². The molecule has 2 atom stereocenters. The number of hydrogen-bond donors (Lipinski definition) is 1. The zero-order valence-corrected chi connectivity index (χ0v) is 11.5. The van der Waals surface area contributed by atoms with E-state index >= 15 is 0 Å². The molecule has 0 radical (unpaired) electrons. The highest BCUT2D eigenvalue weighted by molar-refractivity contribution is 5.79. The van der Waals surface area contributed by atoms with Crippen LogP contribution in [0.25, 0.3) is 0 Å². The van der Waals surface area contributed by atoms with Crippen LogP contribution in [0, 0.1) is 5.92 Å². The maximum absolute atomic E-state index is 12.3. The standard InChI is InChI=1S/C13H26N2O2/c1-5-10(6-2)13(17)15-9-12(16)7-11(15)8-14(3)4/h10-12,16H,5-9H2,1-4H3. The molecule has 2 unspecified atom stereocenters. The predicted octanol–water partition coefficient (Wildman–Crippen LogP) is 0.946. The van der Waals surface area contributed by atoms with Crippen molar-refractivity contribution in [1.29, 1.82) is 0 Å². The zero-order valence-electron chi connectivity index (χ0n) is 11.5. The Labute approximate surface area is 105 Å². The molecule has 0 bridgehead atoms. The van der Waals surface area contributed by atoms with E-state index < -0.39 is 0 Å². The lowest BCUT2D eigenvalue weighted by Crippen LogP contribution is -2.44. The third-order valence-electron chi connectivity index (χ3n) is 3.59. The highest BCUT2D eigenvalue weighted by atomic mass is 16.3. The molecule has 1 rings (SSSR count).